The average molecular weight is 899 g/mol. The van der Waals surface area contributed by atoms with Crippen LogP contribution in [0.5, 0.6) is 0 Å². The zero-order chi connectivity index (χ0) is 47.2. The topological polar surface area (TPSA) is 78.9 Å². The van der Waals surface area contributed by atoms with Crippen molar-refractivity contribution in [3.63, 3.8) is 0 Å². The molecule has 0 spiro atoms. The predicted octanol–water partition coefficient (Wildman–Crippen LogP) is 17.3. The van der Waals surface area contributed by atoms with Gasteiger partial charge in [0.2, 0.25) is 0 Å². The lowest BCUT2D eigenvalue weighted by Crippen LogP contribution is -2.30. The zero-order valence-corrected chi connectivity index (χ0v) is 41.7. The van der Waals surface area contributed by atoms with Gasteiger partial charge in [0.25, 0.3) is 0 Å². The summed E-state index contributed by atoms with van der Waals surface area (Å²) in [5.41, 5.74) is 0. The number of hydrogen-bond donors (Lipinski definition) is 0. The Balaban J connectivity index is 4.60. The van der Waals surface area contributed by atoms with Crippen molar-refractivity contribution in [1.29, 1.82) is 0 Å². The highest BCUT2D eigenvalue weighted by Crippen LogP contribution is 2.11. The van der Waals surface area contributed by atoms with Crippen LogP contribution in [0.3, 0.4) is 0 Å². The third-order valence-electron chi connectivity index (χ3n) is 10.4. The van der Waals surface area contributed by atoms with E-state index in [9.17, 15) is 14.4 Å². The van der Waals surface area contributed by atoms with E-state index < -0.39 is 12.1 Å². The van der Waals surface area contributed by atoms with Crippen molar-refractivity contribution in [2.45, 2.75) is 219 Å². The highest BCUT2D eigenvalue weighted by atomic mass is 16.6. The molecule has 0 saturated heterocycles. The fourth-order valence-electron chi connectivity index (χ4n) is 6.52. The van der Waals surface area contributed by atoms with E-state index in [4.69, 9.17) is 14.2 Å². The molecule has 0 aromatic rings. The molecule has 65 heavy (non-hydrogen) atoms. The molecule has 0 bridgehead atoms. The van der Waals surface area contributed by atoms with Crippen molar-refractivity contribution in [2.75, 3.05) is 13.2 Å². The normalized spacial score (nSPS) is 13.1. The van der Waals surface area contributed by atoms with Crippen LogP contribution in [0.4, 0.5) is 0 Å². The largest absolute Gasteiger partial charge is 0.462 e. The van der Waals surface area contributed by atoms with Gasteiger partial charge < -0.3 is 14.2 Å². The molecule has 0 saturated carbocycles. The van der Waals surface area contributed by atoms with Crippen LogP contribution in [-0.4, -0.2) is 37.2 Å². The molecule has 0 aliphatic rings. The fraction of sp³-hybridized carbons (Fsp3) is 0.610. The molecule has 0 fully saturated rings. The lowest BCUT2D eigenvalue weighted by Gasteiger charge is -2.18. The molecule has 1 atom stereocenters. The summed E-state index contributed by atoms with van der Waals surface area (Å²) in [5.74, 6) is -1.09. The monoisotopic (exact) mass is 899 g/mol. The Morgan fingerprint density at radius 1 is 0.323 bits per heavy atom. The molecule has 0 N–H and O–H groups in total. The van der Waals surface area contributed by atoms with Gasteiger partial charge in [-0.1, -0.05) is 206 Å². The summed E-state index contributed by atoms with van der Waals surface area (Å²) < 4.78 is 16.6. The van der Waals surface area contributed by atoms with Gasteiger partial charge in [-0.3, -0.25) is 14.4 Å². The molecule has 0 aromatic carbocycles. The summed E-state index contributed by atoms with van der Waals surface area (Å²) in [5, 5.41) is 0. The van der Waals surface area contributed by atoms with Gasteiger partial charge in [0.05, 0.1) is 0 Å². The molecule has 6 nitrogen and oxygen atoms in total. The van der Waals surface area contributed by atoms with Gasteiger partial charge in [-0.2, -0.15) is 0 Å². The standard InChI is InChI=1S/C59H94O6/c1-4-7-10-13-16-19-22-24-26-28-29-31-33-35-38-41-44-47-50-53-59(62)65-56(54-63-57(60)51-48-45-42-39-36-21-18-15-12-9-6-3)55-64-58(61)52-49-46-43-40-37-34-32-30-27-25-23-20-17-14-11-8-5-2/h7,10,15-16,18-19,24-27,29,31-32,34-35,38,40,43-44,47,56H,4-6,8-9,11-14,17,20-23,28,30,33,36-37,39,41-42,45-46,48-55H2,1-3H3/b10-7-,18-15-,19-16-,26-24-,27-25-,31-29-,34-32-,38-35-,43-40-,47-44-/t56-/m0/s1. The van der Waals surface area contributed by atoms with Crippen LogP contribution in [0, 0.1) is 0 Å². The summed E-state index contributed by atoms with van der Waals surface area (Å²) in [7, 11) is 0. The van der Waals surface area contributed by atoms with Crippen LogP contribution in [0.2, 0.25) is 0 Å². The van der Waals surface area contributed by atoms with Gasteiger partial charge in [0.1, 0.15) is 13.2 Å². The van der Waals surface area contributed by atoms with Crippen LogP contribution in [-0.2, 0) is 28.6 Å². The lowest BCUT2D eigenvalue weighted by molar-refractivity contribution is -0.166. The van der Waals surface area contributed by atoms with Crippen LogP contribution in [0.25, 0.3) is 0 Å². The molecule has 0 radical (unpaired) electrons. The van der Waals surface area contributed by atoms with E-state index in [1.807, 2.05) is 12.2 Å². The predicted molar refractivity (Wildman–Crippen MR) is 279 cm³/mol. The van der Waals surface area contributed by atoms with E-state index in [-0.39, 0.29) is 38.0 Å². The summed E-state index contributed by atoms with van der Waals surface area (Å²) in [6, 6.07) is 0. The summed E-state index contributed by atoms with van der Waals surface area (Å²) in [6.07, 6.45) is 72.0. The van der Waals surface area contributed by atoms with Crippen molar-refractivity contribution < 1.29 is 28.6 Å². The summed E-state index contributed by atoms with van der Waals surface area (Å²) in [6.45, 7) is 6.34. The van der Waals surface area contributed by atoms with Crippen molar-refractivity contribution in [1.82, 2.24) is 0 Å². The Bertz CT molecular complexity index is 1400. The first-order chi connectivity index (χ1) is 32.0. The van der Waals surface area contributed by atoms with Gasteiger partial charge in [-0.15, -0.1) is 0 Å². The molecular weight excluding hydrogens is 805 g/mol. The fourth-order valence-corrected chi connectivity index (χ4v) is 6.52. The molecule has 0 unspecified atom stereocenters. The van der Waals surface area contributed by atoms with Gasteiger partial charge >= 0.3 is 17.9 Å². The summed E-state index contributed by atoms with van der Waals surface area (Å²) >= 11 is 0. The number of carbonyl (C=O) groups is 3. The number of rotatable bonds is 45. The highest BCUT2D eigenvalue weighted by molar-refractivity contribution is 5.71. The van der Waals surface area contributed by atoms with Crippen LogP contribution in [0.15, 0.2) is 122 Å². The molecule has 0 heterocycles. The molecule has 0 aromatic heterocycles. The first kappa shape index (κ1) is 60.8. The van der Waals surface area contributed by atoms with E-state index in [1.54, 1.807) is 0 Å². The second-order valence-corrected chi connectivity index (χ2v) is 16.7. The van der Waals surface area contributed by atoms with Gasteiger partial charge in [0, 0.05) is 19.3 Å². The minimum Gasteiger partial charge on any atom is -0.462 e. The second-order valence-electron chi connectivity index (χ2n) is 16.7. The van der Waals surface area contributed by atoms with Crippen LogP contribution in [0.1, 0.15) is 213 Å². The average Bonchev–Trinajstić information content (AvgIpc) is 3.30. The maximum absolute atomic E-state index is 12.8. The Kier molecular flexibility index (Phi) is 49.1. The lowest BCUT2D eigenvalue weighted by atomic mass is 10.1. The maximum Gasteiger partial charge on any atom is 0.306 e. The number of ether oxygens (including phenoxy) is 3. The maximum atomic E-state index is 12.8. The van der Waals surface area contributed by atoms with Crippen molar-refractivity contribution in [3.05, 3.63) is 122 Å². The quantitative estimate of drug-likeness (QED) is 0.0262. The molecule has 6 heteroatoms. The first-order valence-electron chi connectivity index (χ1n) is 26.0. The van der Waals surface area contributed by atoms with Gasteiger partial charge in [-0.05, 0) is 109 Å². The van der Waals surface area contributed by atoms with E-state index in [1.165, 1.54) is 70.6 Å². The van der Waals surface area contributed by atoms with E-state index in [0.29, 0.717) is 19.3 Å². The summed E-state index contributed by atoms with van der Waals surface area (Å²) in [4.78, 5) is 37.9. The third kappa shape index (κ3) is 50.7. The van der Waals surface area contributed by atoms with Crippen molar-refractivity contribution >= 4 is 17.9 Å². The molecule has 0 amide bonds. The third-order valence-corrected chi connectivity index (χ3v) is 10.4. The number of carbonyl (C=O) groups excluding carboxylic acids is 3. The van der Waals surface area contributed by atoms with Gasteiger partial charge in [-0.25, -0.2) is 0 Å². The SMILES string of the molecule is CC/C=C\C/C=C\C/C=C\C/C=C\C/C=C\C/C=C\CCC(=O)O[C@H](COC(=O)CCC/C=C\C/C=C\C/C=C\CCCCCCCC)COC(=O)CCCCCCC/C=C\CCCC. The second kappa shape index (κ2) is 52.4. The molecule has 366 valence electrons. The first-order valence-corrected chi connectivity index (χ1v) is 26.0. The zero-order valence-electron chi connectivity index (χ0n) is 41.7. The molecule has 0 rings (SSSR count). The Morgan fingerprint density at radius 2 is 0.662 bits per heavy atom. The smallest absolute Gasteiger partial charge is 0.306 e. The number of allylic oxidation sites excluding steroid dienone is 20. The van der Waals surface area contributed by atoms with Crippen LogP contribution >= 0.6 is 0 Å². The minimum absolute atomic E-state index is 0.132. The van der Waals surface area contributed by atoms with E-state index in [0.717, 1.165) is 89.9 Å². The molecule has 0 aliphatic heterocycles. The Morgan fingerprint density at radius 3 is 1.12 bits per heavy atom. The molecular formula is C59H94O6. The number of hydrogen-bond acceptors (Lipinski definition) is 6. The van der Waals surface area contributed by atoms with E-state index >= 15 is 0 Å². The van der Waals surface area contributed by atoms with Crippen LogP contribution < -0.4 is 0 Å². The van der Waals surface area contributed by atoms with Crippen molar-refractivity contribution in [3.8, 4) is 0 Å². The highest BCUT2D eigenvalue weighted by Gasteiger charge is 2.19. The molecule has 0 aliphatic carbocycles. The van der Waals surface area contributed by atoms with Gasteiger partial charge in [0.15, 0.2) is 6.10 Å². The minimum atomic E-state index is -0.844. The Hall–Kier alpha value is -4.19. The van der Waals surface area contributed by atoms with E-state index in [2.05, 4.69) is 130 Å². The van der Waals surface area contributed by atoms with Crippen molar-refractivity contribution in [2.24, 2.45) is 0 Å². The Labute approximate surface area is 399 Å². The number of esters is 3. The number of unbranched alkanes of at least 4 members (excludes halogenated alkanes) is 14.